The fourth-order valence-electron chi connectivity index (χ4n) is 1.33. The molecular formula is C11H11F2N3O. The maximum Gasteiger partial charge on any atom is 0.243 e. The lowest BCUT2D eigenvalue weighted by Gasteiger charge is -2.01. The number of halogens is 2. The van der Waals surface area contributed by atoms with Gasteiger partial charge in [0.2, 0.25) is 11.7 Å². The monoisotopic (exact) mass is 239 g/mol. The first-order valence-electron chi connectivity index (χ1n) is 5.07. The lowest BCUT2D eigenvalue weighted by Crippen LogP contribution is -2.12. The van der Waals surface area contributed by atoms with Gasteiger partial charge in [-0.05, 0) is 26.1 Å². The first-order chi connectivity index (χ1) is 8.10. The van der Waals surface area contributed by atoms with Crippen molar-refractivity contribution < 1.29 is 13.3 Å². The first kappa shape index (κ1) is 11.7. The molecule has 0 spiro atoms. The standard InChI is InChI=1S/C11H11F2N3O/c1-6(14-2)11-15-10(16-17-11)7-3-8(12)5-9(13)4-7/h3-6,14H,1-2H3. The lowest BCUT2D eigenvalue weighted by molar-refractivity contribution is 0.347. The predicted molar refractivity (Wildman–Crippen MR) is 57.1 cm³/mol. The van der Waals surface area contributed by atoms with Crippen molar-refractivity contribution in [2.45, 2.75) is 13.0 Å². The van der Waals surface area contributed by atoms with Crippen molar-refractivity contribution in [1.82, 2.24) is 15.5 Å². The molecule has 0 aliphatic carbocycles. The third kappa shape index (κ3) is 2.47. The van der Waals surface area contributed by atoms with Gasteiger partial charge in [-0.25, -0.2) is 8.78 Å². The Morgan fingerprint density at radius 3 is 2.47 bits per heavy atom. The van der Waals surface area contributed by atoms with Crippen LogP contribution in [-0.4, -0.2) is 17.2 Å². The molecule has 90 valence electrons. The molecule has 0 radical (unpaired) electrons. The van der Waals surface area contributed by atoms with Gasteiger partial charge in [0.05, 0.1) is 6.04 Å². The SMILES string of the molecule is CNC(C)c1nc(-c2cc(F)cc(F)c2)no1. The van der Waals surface area contributed by atoms with Gasteiger partial charge in [-0.3, -0.25) is 0 Å². The third-order valence-corrected chi connectivity index (χ3v) is 2.37. The molecule has 1 unspecified atom stereocenters. The summed E-state index contributed by atoms with van der Waals surface area (Å²) in [4.78, 5) is 4.06. The van der Waals surface area contributed by atoms with Gasteiger partial charge in [-0.15, -0.1) is 0 Å². The van der Waals surface area contributed by atoms with Crippen molar-refractivity contribution in [2.75, 3.05) is 7.05 Å². The number of hydrogen-bond donors (Lipinski definition) is 1. The summed E-state index contributed by atoms with van der Waals surface area (Å²) < 4.78 is 31.0. The molecule has 0 saturated heterocycles. The summed E-state index contributed by atoms with van der Waals surface area (Å²) in [5, 5.41) is 6.60. The Kier molecular flexibility index (Phi) is 3.14. The normalized spacial score (nSPS) is 12.7. The summed E-state index contributed by atoms with van der Waals surface area (Å²) in [5.41, 5.74) is 0.251. The zero-order valence-corrected chi connectivity index (χ0v) is 9.37. The maximum absolute atomic E-state index is 13.0. The molecule has 0 aliphatic heterocycles. The highest BCUT2D eigenvalue weighted by Gasteiger charge is 2.14. The second kappa shape index (κ2) is 4.58. The number of nitrogens with zero attached hydrogens (tertiary/aromatic N) is 2. The Morgan fingerprint density at radius 2 is 1.88 bits per heavy atom. The molecule has 4 nitrogen and oxygen atoms in total. The van der Waals surface area contributed by atoms with E-state index in [1.54, 1.807) is 7.05 Å². The highest BCUT2D eigenvalue weighted by molar-refractivity contribution is 5.54. The van der Waals surface area contributed by atoms with Crippen LogP contribution in [-0.2, 0) is 0 Å². The number of rotatable bonds is 3. The van der Waals surface area contributed by atoms with Crippen molar-refractivity contribution in [1.29, 1.82) is 0 Å². The quantitative estimate of drug-likeness (QED) is 0.892. The molecule has 0 saturated carbocycles. The zero-order valence-electron chi connectivity index (χ0n) is 9.37. The summed E-state index contributed by atoms with van der Waals surface area (Å²) in [7, 11) is 1.75. The van der Waals surface area contributed by atoms with Crippen LogP contribution in [0.5, 0.6) is 0 Å². The van der Waals surface area contributed by atoms with E-state index in [0.717, 1.165) is 18.2 Å². The van der Waals surface area contributed by atoms with Crippen LogP contribution in [0.4, 0.5) is 8.78 Å². The van der Waals surface area contributed by atoms with Crippen LogP contribution in [0.15, 0.2) is 22.7 Å². The highest BCUT2D eigenvalue weighted by Crippen LogP contribution is 2.20. The molecule has 1 N–H and O–H groups in total. The molecule has 1 aromatic carbocycles. The largest absolute Gasteiger partial charge is 0.337 e. The molecule has 2 rings (SSSR count). The molecule has 1 aromatic heterocycles. The lowest BCUT2D eigenvalue weighted by atomic mass is 10.2. The average molecular weight is 239 g/mol. The number of nitrogens with one attached hydrogen (secondary N) is 1. The Hall–Kier alpha value is -1.82. The third-order valence-electron chi connectivity index (χ3n) is 2.37. The Morgan fingerprint density at radius 1 is 1.24 bits per heavy atom. The van der Waals surface area contributed by atoms with Gasteiger partial charge >= 0.3 is 0 Å². The smallest absolute Gasteiger partial charge is 0.243 e. The van der Waals surface area contributed by atoms with E-state index in [1.807, 2.05) is 6.92 Å². The summed E-state index contributed by atoms with van der Waals surface area (Å²) in [6.07, 6.45) is 0. The van der Waals surface area contributed by atoms with E-state index in [1.165, 1.54) is 0 Å². The maximum atomic E-state index is 13.0. The van der Waals surface area contributed by atoms with Crippen molar-refractivity contribution in [3.63, 3.8) is 0 Å². The number of aromatic nitrogens is 2. The van der Waals surface area contributed by atoms with Crippen molar-refractivity contribution in [2.24, 2.45) is 0 Å². The van der Waals surface area contributed by atoms with Gasteiger partial charge in [0, 0.05) is 11.6 Å². The molecule has 17 heavy (non-hydrogen) atoms. The van der Waals surface area contributed by atoms with Crippen LogP contribution in [0.1, 0.15) is 18.9 Å². The molecule has 0 bridgehead atoms. The number of hydrogen-bond acceptors (Lipinski definition) is 4. The fraction of sp³-hybridized carbons (Fsp3) is 0.273. The van der Waals surface area contributed by atoms with Gasteiger partial charge in [-0.1, -0.05) is 5.16 Å². The minimum absolute atomic E-state index is 0.116. The molecule has 1 heterocycles. The minimum Gasteiger partial charge on any atom is -0.337 e. The Labute approximate surface area is 96.6 Å². The van der Waals surface area contributed by atoms with E-state index in [4.69, 9.17) is 4.52 Å². The van der Waals surface area contributed by atoms with Crippen LogP contribution < -0.4 is 5.32 Å². The fourth-order valence-corrected chi connectivity index (χ4v) is 1.33. The van der Waals surface area contributed by atoms with Crippen molar-refractivity contribution in [3.05, 3.63) is 35.7 Å². The Bertz CT molecular complexity index is 507. The zero-order chi connectivity index (χ0) is 12.4. The molecule has 0 fully saturated rings. The van der Waals surface area contributed by atoms with E-state index in [2.05, 4.69) is 15.5 Å². The van der Waals surface area contributed by atoms with E-state index >= 15 is 0 Å². The molecule has 6 heteroatoms. The van der Waals surface area contributed by atoms with E-state index in [-0.39, 0.29) is 17.4 Å². The number of benzene rings is 1. The molecule has 1 atom stereocenters. The predicted octanol–water partition coefficient (Wildman–Crippen LogP) is 2.30. The summed E-state index contributed by atoms with van der Waals surface area (Å²) in [6.45, 7) is 1.84. The van der Waals surface area contributed by atoms with Crippen LogP contribution in [0.2, 0.25) is 0 Å². The van der Waals surface area contributed by atoms with Gasteiger partial charge < -0.3 is 9.84 Å². The topological polar surface area (TPSA) is 51.0 Å². The van der Waals surface area contributed by atoms with Gasteiger partial charge in [0.15, 0.2) is 0 Å². The van der Waals surface area contributed by atoms with Gasteiger partial charge in [0.1, 0.15) is 11.6 Å². The molecule has 2 aromatic rings. The van der Waals surface area contributed by atoms with Crippen LogP contribution >= 0.6 is 0 Å². The van der Waals surface area contributed by atoms with Crippen molar-refractivity contribution in [3.8, 4) is 11.4 Å². The minimum atomic E-state index is -0.673. The van der Waals surface area contributed by atoms with E-state index in [0.29, 0.717) is 5.89 Å². The summed E-state index contributed by atoms with van der Waals surface area (Å²) in [5.74, 6) is -0.811. The second-order valence-electron chi connectivity index (χ2n) is 3.62. The van der Waals surface area contributed by atoms with Crippen LogP contribution in [0.25, 0.3) is 11.4 Å². The summed E-state index contributed by atoms with van der Waals surface area (Å²) in [6, 6.07) is 2.99. The van der Waals surface area contributed by atoms with Crippen LogP contribution in [0.3, 0.4) is 0 Å². The average Bonchev–Trinajstić information content (AvgIpc) is 2.76. The molecule has 0 aliphatic rings. The first-order valence-corrected chi connectivity index (χ1v) is 5.07. The van der Waals surface area contributed by atoms with Gasteiger partial charge in [-0.2, -0.15) is 4.98 Å². The van der Waals surface area contributed by atoms with Gasteiger partial charge in [0.25, 0.3) is 0 Å². The van der Waals surface area contributed by atoms with Crippen molar-refractivity contribution >= 4 is 0 Å². The Balaban J connectivity index is 2.36. The highest BCUT2D eigenvalue weighted by atomic mass is 19.1. The second-order valence-corrected chi connectivity index (χ2v) is 3.62. The molecular weight excluding hydrogens is 228 g/mol. The van der Waals surface area contributed by atoms with Crippen LogP contribution in [0, 0.1) is 11.6 Å². The summed E-state index contributed by atoms with van der Waals surface area (Å²) >= 11 is 0. The molecule has 0 amide bonds. The van der Waals surface area contributed by atoms with E-state index in [9.17, 15) is 8.78 Å². The van der Waals surface area contributed by atoms with E-state index < -0.39 is 11.6 Å².